The molecule has 0 saturated carbocycles. The molecule has 0 radical (unpaired) electrons. The van der Waals surface area contributed by atoms with Gasteiger partial charge < -0.3 is 20.3 Å². The lowest BCUT2D eigenvalue weighted by molar-refractivity contribution is 0.0963. The van der Waals surface area contributed by atoms with Gasteiger partial charge in [0.25, 0.3) is 0 Å². The van der Waals surface area contributed by atoms with Crippen LogP contribution in [-0.4, -0.2) is 74.3 Å². The number of piperidine rings is 1. The first-order chi connectivity index (χ1) is 13.5. The molecule has 7 heteroatoms. The highest BCUT2D eigenvalue weighted by Crippen LogP contribution is 2.11. The smallest absolute Gasteiger partial charge is 0.409 e. The van der Waals surface area contributed by atoms with E-state index in [2.05, 4.69) is 58.8 Å². The normalized spacial score (nSPS) is 16.8. The number of amides is 1. The number of aliphatic imine (C=N–C) groups is 1. The molecular formula is C21H35N5O2. The average molecular weight is 390 g/mol. The molecule has 1 aromatic rings. The third kappa shape index (κ3) is 7.03. The molecule has 0 aromatic heterocycles. The number of nitrogens with one attached hydrogen (secondary N) is 2. The van der Waals surface area contributed by atoms with Gasteiger partial charge >= 0.3 is 6.09 Å². The minimum Gasteiger partial charge on any atom is -0.450 e. The van der Waals surface area contributed by atoms with E-state index in [1.165, 1.54) is 5.56 Å². The number of hydrogen-bond acceptors (Lipinski definition) is 4. The largest absolute Gasteiger partial charge is 0.450 e. The summed E-state index contributed by atoms with van der Waals surface area (Å²) in [6, 6.07) is 11.2. The van der Waals surface area contributed by atoms with Crippen LogP contribution in [0.2, 0.25) is 0 Å². The van der Waals surface area contributed by atoms with Crippen molar-refractivity contribution in [3.05, 3.63) is 35.9 Å². The van der Waals surface area contributed by atoms with Crippen molar-refractivity contribution in [1.29, 1.82) is 0 Å². The number of ether oxygens (including phenoxy) is 1. The Balaban J connectivity index is 1.72. The molecule has 1 saturated heterocycles. The minimum atomic E-state index is -0.210. The zero-order valence-electron chi connectivity index (χ0n) is 17.6. The van der Waals surface area contributed by atoms with Crippen LogP contribution in [0, 0.1) is 0 Å². The fraction of sp³-hybridized carbons (Fsp3) is 0.619. The van der Waals surface area contributed by atoms with E-state index in [0.29, 0.717) is 31.8 Å². The topological polar surface area (TPSA) is 69.2 Å². The van der Waals surface area contributed by atoms with E-state index >= 15 is 0 Å². The Labute approximate surface area is 169 Å². The van der Waals surface area contributed by atoms with Crippen molar-refractivity contribution in [3.63, 3.8) is 0 Å². The molecule has 1 atom stereocenters. The summed E-state index contributed by atoms with van der Waals surface area (Å²) >= 11 is 0. The molecular weight excluding hydrogens is 354 g/mol. The molecule has 0 bridgehead atoms. The van der Waals surface area contributed by atoms with Gasteiger partial charge in [0.05, 0.1) is 6.61 Å². The molecule has 0 aliphatic carbocycles. The van der Waals surface area contributed by atoms with Crippen LogP contribution >= 0.6 is 0 Å². The number of nitrogens with zero attached hydrogens (tertiary/aromatic N) is 3. The highest BCUT2D eigenvalue weighted by Gasteiger charge is 2.24. The van der Waals surface area contributed by atoms with Crippen molar-refractivity contribution in [2.75, 3.05) is 40.3 Å². The van der Waals surface area contributed by atoms with Crippen LogP contribution in [0.4, 0.5) is 4.79 Å². The first-order valence-electron chi connectivity index (χ1n) is 10.2. The van der Waals surface area contributed by atoms with Gasteiger partial charge in [-0.15, -0.1) is 0 Å². The lowest BCUT2D eigenvalue weighted by Crippen LogP contribution is -2.51. The van der Waals surface area contributed by atoms with Crippen molar-refractivity contribution in [2.45, 2.75) is 45.3 Å². The van der Waals surface area contributed by atoms with E-state index in [9.17, 15) is 4.79 Å². The fourth-order valence-corrected chi connectivity index (χ4v) is 3.24. The van der Waals surface area contributed by atoms with E-state index in [4.69, 9.17) is 4.74 Å². The maximum absolute atomic E-state index is 11.8. The summed E-state index contributed by atoms with van der Waals surface area (Å²) in [5, 5.41) is 6.91. The first kappa shape index (κ1) is 22.0. The average Bonchev–Trinajstić information content (AvgIpc) is 2.72. The fourth-order valence-electron chi connectivity index (χ4n) is 3.24. The summed E-state index contributed by atoms with van der Waals surface area (Å²) < 4.78 is 5.07. The number of likely N-dealkylation sites (N-methyl/N-ethyl adjacent to an activating group) is 1. The Bertz CT molecular complexity index is 614. The van der Waals surface area contributed by atoms with Crippen LogP contribution < -0.4 is 10.6 Å². The van der Waals surface area contributed by atoms with E-state index in [1.54, 1.807) is 11.9 Å². The molecule has 156 valence electrons. The monoisotopic (exact) mass is 389 g/mol. The van der Waals surface area contributed by atoms with Crippen molar-refractivity contribution >= 4 is 12.1 Å². The summed E-state index contributed by atoms with van der Waals surface area (Å²) in [6.45, 7) is 7.62. The van der Waals surface area contributed by atoms with E-state index < -0.39 is 0 Å². The summed E-state index contributed by atoms with van der Waals surface area (Å²) in [5.74, 6) is 0.814. The van der Waals surface area contributed by atoms with Crippen molar-refractivity contribution in [2.24, 2.45) is 4.99 Å². The van der Waals surface area contributed by atoms with Crippen molar-refractivity contribution in [1.82, 2.24) is 20.4 Å². The molecule has 1 aliphatic rings. The molecule has 1 fully saturated rings. The van der Waals surface area contributed by atoms with Gasteiger partial charge in [-0.25, -0.2) is 4.79 Å². The second-order valence-corrected chi connectivity index (χ2v) is 7.31. The summed E-state index contributed by atoms with van der Waals surface area (Å²) in [4.78, 5) is 20.3. The van der Waals surface area contributed by atoms with E-state index in [1.807, 2.05) is 13.0 Å². The number of carbonyl (C=O) groups excluding carboxylic acids is 1. The Morgan fingerprint density at radius 2 is 2.00 bits per heavy atom. The number of hydrogen-bond donors (Lipinski definition) is 2. The maximum atomic E-state index is 11.8. The van der Waals surface area contributed by atoms with Gasteiger partial charge in [-0.3, -0.25) is 9.89 Å². The zero-order valence-corrected chi connectivity index (χ0v) is 17.6. The number of likely N-dealkylation sites (tertiary alicyclic amines) is 1. The number of benzene rings is 1. The predicted octanol–water partition coefficient (Wildman–Crippen LogP) is 2.29. The van der Waals surface area contributed by atoms with Gasteiger partial charge in [0.2, 0.25) is 0 Å². The summed E-state index contributed by atoms with van der Waals surface area (Å²) in [7, 11) is 3.93. The second kappa shape index (κ2) is 11.5. The van der Waals surface area contributed by atoms with Crippen LogP contribution in [0.15, 0.2) is 35.3 Å². The predicted molar refractivity (Wildman–Crippen MR) is 113 cm³/mol. The molecule has 2 N–H and O–H groups in total. The zero-order chi connectivity index (χ0) is 20.4. The van der Waals surface area contributed by atoms with Gasteiger partial charge in [-0.05, 0) is 39.3 Å². The highest BCUT2D eigenvalue weighted by atomic mass is 16.6. The van der Waals surface area contributed by atoms with Crippen LogP contribution in [0.5, 0.6) is 0 Å². The van der Waals surface area contributed by atoms with Gasteiger partial charge in [0.1, 0.15) is 0 Å². The lowest BCUT2D eigenvalue weighted by Gasteiger charge is -2.32. The molecule has 1 amide bonds. The highest BCUT2D eigenvalue weighted by molar-refractivity contribution is 5.80. The minimum absolute atomic E-state index is 0.210. The SMILES string of the molecule is CCOC(=O)N1CCC(NC(=NC)NCC(C)N(C)Cc2ccccc2)CC1. The van der Waals surface area contributed by atoms with Crippen LogP contribution in [0.3, 0.4) is 0 Å². The Hall–Kier alpha value is -2.28. The van der Waals surface area contributed by atoms with Gasteiger partial charge in [-0.2, -0.15) is 0 Å². The lowest BCUT2D eigenvalue weighted by atomic mass is 10.1. The Morgan fingerprint density at radius 3 is 2.61 bits per heavy atom. The number of carbonyl (C=O) groups is 1. The Kier molecular flexibility index (Phi) is 9.07. The summed E-state index contributed by atoms with van der Waals surface area (Å²) in [6.07, 6.45) is 1.57. The van der Waals surface area contributed by atoms with Crippen LogP contribution in [-0.2, 0) is 11.3 Å². The van der Waals surface area contributed by atoms with Crippen LogP contribution in [0.25, 0.3) is 0 Å². The molecule has 1 heterocycles. The maximum Gasteiger partial charge on any atom is 0.409 e. The molecule has 1 aliphatic heterocycles. The molecule has 1 aromatic carbocycles. The molecule has 28 heavy (non-hydrogen) atoms. The third-order valence-electron chi connectivity index (χ3n) is 5.18. The van der Waals surface area contributed by atoms with Gasteiger partial charge in [0, 0.05) is 45.3 Å². The van der Waals surface area contributed by atoms with Gasteiger partial charge in [-0.1, -0.05) is 30.3 Å². The standard InChI is InChI=1S/C21H35N5O2/c1-5-28-21(27)26-13-11-19(12-14-26)24-20(22-3)23-15-17(2)25(4)16-18-9-7-6-8-10-18/h6-10,17,19H,5,11-16H2,1-4H3,(H2,22,23,24). The van der Waals surface area contributed by atoms with E-state index in [0.717, 1.165) is 31.9 Å². The van der Waals surface area contributed by atoms with Crippen LogP contribution in [0.1, 0.15) is 32.3 Å². The van der Waals surface area contributed by atoms with E-state index in [-0.39, 0.29) is 6.09 Å². The summed E-state index contributed by atoms with van der Waals surface area (Å²) in [5.41, 5.74) is 1.31. The molecule has 0 spiro atoms. The van der Waals surface area contributed by atoms with Crippen molar-refractivity contribution < 1.29 is 9.53 Å². The molecule has 1 unspecified atom stereocenters. The molecule has 2 rings (SSSR count). The molecule has 7 nitrogen and oxygen atoms in total. The van der Waals surface area contributed by atoms with Gasteiger partial charge in [0.15, 0.2) is 5.96 Å². The quantitative estimate of drug-likeness (QED) is 0.553. The van der Waals surface area contributed by atoms with Crippen molar-refractivity contribution in [3.8, 4) is 0 Å². The number of guanidine groups is 1. The second-order valence-electron chi connectivity index (χ2n) is 7.31. The first-order valence-corrected chi connectivity index (χ1v) is 10.2. The third-order valence-corrected chi connectivity index (χ3v) is 5.18. The number of rotatable bonds is 7. The Morgan fingerprint density at radius 1 is 1.32 bits per heavy atom.